The van der Waals surface area contributed by atoms with Crippen LogP contribution in [0, 0.1) is 11.8 Å². The molecule has 5 aliphatic rings. The molecule has 3 aliphatic carbocycles. The van der Waals surface area contributed by atoms with Gasteiger partial charge in [0, 0.05) is 29.5 Å². The third-order valence-corrected chi connectivity index (χ3v) is 12.8. The molecule has 5 rings (SSSR count). The number of hydrogen-bond donors (Lipinski definition) is 1. The van der Waals surface area contributed by atoms with E-state index in [0.717, 1.165) is 36.6 Å². The molecule has 2 heterocycles. The zero-order valence-corrected chi connectivity index (χ0v) is 25.7. The first-order chi connectivity index (χ1) is 18.0. The minimum absolute atomic E-state index is 0.0387. The van der Waals surface area contributed by atoms with E-state index in [2.05, 4.69) is 31.5 Å². The number of alkyl halides is 1. The lowest BCUT2D eigenvalue weighted by molar-refractivity contribution is -0.572. The Morgan fingerprint density at radius 3 is 2.63 bits per heavy atom. The average molecular weight is 656 g/mol. The summed E-state index contributed by atoms with van der Waals surface area (Å²) in [6.45, 7) is 0.994. The maximum absolute atomic E-state index is 11.4. The summed E-state index contributed by atoms with van der Waals surface area (Å²) >= 11 is 5.61. The van der Waals surface area contributed by atoms with Crippen LogP contribution in [0.1, 0.15) is 70.6 Å². The Kier molecular flexibility index (Phi) is 9.11. The van der Waals surface area contributed by atoms with E-state index in [-0.39, 0.29) is 23.7 Å². The molecule has 0 amide bonds. The highest BCUT2D eigenvalue weighted by Gasteiger charge is 2.52. The topological polar surface area (TPSA) is 127 Å². The molecule has 0 radical (unpaired) electrons. The quantitative estimate of drug-likeness (QED) is 0.226. The van der Waals surface area contributed by atoms with Crippen LogP contribution >= 0.6 is 27.7 Å². The van der Waals surface area contributed by atoms with E-state index in [1.807, 2.05) is 11.8 Å². The summed E-state index contributed by atoms with van der Waals surface area (Å²) < 4.78 is 75.0. The van der Waals surface area contributed by atoms with Gasteiger partial charge in [0.05, 0.1) is 33.2 Å². The van der Waals surface area contributed by atoms with Gasteiger partial charge in [-0.15, -0.1) is 0 Å². The molecule has 2 aliphatic heterocycles. The second-order valence-corrected chi connectivity index (χ2v) is 17.2. The minimum atomic E-state index is -4.27. The van der Waals surface area contributed by atoms with Gasteiger partial charge in [-0.25, -0.2) is 13.0 Å². The maximum atomic E-state index is 11.4. The SMILES string of the molecule is O=S(=O)([O-])CCC[N+]1=C(C=C2OC3CCC(Br)CC3N2CCCS(=O)(=O)O)SC2CCC3CCCCC3C21. The van der Waals surface area contributed by atoms with Crippen LogP contribution < -0.4 is 0 Å². The van der Waals surface area contributed by atoms with Gasteiger partial charge in [-0.1, -0.05) is 28.8 Å². The molecule has 0 bridgehead atoms. The van der Waals surface area contributed by atoms with E-state index in [4.69, 9.17) is 4.74 Å². The maximum Gasteiger partial charge on any atom is 0.264 e. The van der Waals surface area contributed by atoms with Gasteiger partial charge in [-0.05, 0) is 69.0 Å². The van der Waals surface area contributed by atoms with Crippen molar-refractivity contribution in [3.63, 3.8) is 0 Å². The zero-order valence-electron chi connectivity index (χ0n) is 21.6. The Balaban J connectivity index is 1.45. The molecule has 1 saturated heterocycles. The van der Waals surface area contributed by atoms with E-state index in [9.17, 15) is 25.9 Å². The van der Waals surface area contributed by atoms with Crippen molar-refractivity contribution >= 4 is 53.0 Å². The van der Waals surface area contributed by atoms with Gasteiger partial charge in [0.25, 0.3) is 10.1 Å². The first kappa shape index (κ1) is 29.2. The number of nitrogens with zero attached hydrogens (tertiary/aromatic N) is 2. The average Bonchev–Trinajstić information content (AvgIpc) is 3.35. The highest BCUT2D eigenvalue weighted by Crippen LogP contribution is 2.49. The number of halogens is 1. The van der Waals surface area contributed by atoms with Crippen molar-refractivity contribution in [2.24, 2.45) is 11.8 Å². The van der Waals surface area contributed by atoms with Gasteiger partial charge >= 0.3 is 0 Å². The summed E-state index contributed by atoms with van der Waals surface area (Å²) in [5.74, 6) is 1.38. The van der Waals surface area contributed by atoms with Gasteiger partial charge in [0.15, 0.2) is 11.9 Å². The molecule has 38 heavy (non-hydrogen) atoms. The van der Waals surface area contributed by atoms with Crippen molar-refractivity contribution in [2.45, 2.75) is 98.9 Å². The smallest absolute Gasteiger partial charge is 0.264 e. The van der Waals surface area contributed by atoms with Gasteiger partial charge in [-0.3, -0.25) is 4.55 Å². The molecular formula is C25H39BrN2O7S3. The molecule has 4 fully saturated rings. The lowest BCUT2D eigenvalue weighted by Crippen LogP contribution is -2.46. The summed E-state index contributed by atoms with van der Waals surface area (Å²) in [5, 5.41) is 1.51. The molecular weight excluding hydrogens is 616 g/mol. The van der Waals surface area contributed by atoms with Crippen molar-refractivity contribution in [2.75, 3.05) is 24.6 Å². The Morgan fingerprint density at radius 2 is 1.87 bits per heavy atom. The van der Waals surface area contributed by atoms with E-state index < -0.39 is 20.2 Å². The first-order valence-electron chi connectivity index (χ1n) is 14.0. The molecule has 0 spiro atoms. The number of ether oxygens (including phenoxy) is 1. The van der Waals surface area contributed by atoms with Crippen LogP contribution in [-0.2, 0) is 25.0 Å². The van der Waals surface area contributed by atoms with Gasteiger partial charge in [0.1, 0.15) is 12.6 Å². The van der Waals surface area contributed by atoms with Crippen molar-refractivity contribution < 1.29 is 35.3 Å². The molecule has 1 N–H and O–H groups in total. The summed E-state index contributed by atoms with van der Waals surface area (Å²) in [6.07, 6.45) is 12.9. The third kappa shape index (κ3) is 6.92. The molecule has 9 nitrogen and oxygen atoms in total. The van der Waals surface area contributed by atoms with Crippen LogP contribution in [0.4, 0.5) is 0 Å². The largest absolute Gasteiger partial charge is 0.748 e. The normalized spacial score (nSPS) is 36.7. The zero-order chi connectivity index (χ0) is 27.1. The van der Waals surface area contributed by atoms with Crippen molar-refractivity contribution in [3.8, 4) is 0 Å². The van der Waals surface area contributed by atoms with Gasteiger partial charge in [0.2, 0.25) is 5.04 Å². The van der Waals surface area contributed by atoms with E-state index in [0.29, 0.717) is 53.9 Å². The Labute approximate surface area is 239 Å². The fourth-order valence-corrected chi connectivity index (χ4v) is 10.6. The number of hydrogen-bond acceptors (Lipinski definition) is 8. The predicted octanol–water partition coefficient (Wildman–Crippen LogP) is 3.55. The predicted molar refractivity (Wildman–Crippen MR) is 150 cm³/mol. The standard InChI is InChI=1S/C25H39BrN2O7S3/c26-18-8-9-21-20(15-18)27(11-3-13-37(29,30)31)23(35-21)16-24-28(12-4-14-38(32,33)34)25-19-6-2-1-5-17(19)7-10-22(25)36-24/h16-22,25H,1-15H2,(H-,29,30,31,32,33,34). The molecule has 3 saturated carbocycles. The molecule has 0 aromatic heterocycles. The van der Waals surface area contributed by atoms with Gasteiger partial charge in [-0.2, -0.15) is 8.42 Å². The molecule has 7 unspecified atom stereocenters. The number of fused-ring (bicyclic) bond motifs is 4. The van der Waals surface area contributed by atoms with E-state index >= 15 is 0 Å². The summed E-state index contributed by atoms with van der Waals surface area (Å²) in [5.41, 5.74) is 0. The number of rotatable bonds is 9. The van der Waals surface area contributed by atoms with Gasteiger partial charge < -0.3 is 14.2 Å². The van der Waals surface area contributed by atoms with E-state index in [1.165, 1.54) is 32.1 Å². The summed E-state index contributed by atoms with van der Waals surface area (Å²) in [7, 11) is -8.32. The third-order valence-electron chi connectivity index (χ3n) is 9.01. The second kappa shape index (κ2) is 11.9. The lowest BCUT2D eigenvalue weighted by Gasteiger charge is -2.40. The fraction of sp³-hybridized carbons (Fsp3) is 0.880. The Hall–Kier alpha value is -0.340. The summed E-state index contributed by atoms with van der Waals surface area (Å²) in [6, 6.07) is 0.473. The molecule has 0 aromatic rings. The molecule has 13 heteroatoms. The van der Waals surface area contributed by atoms with Crippen molar-refractivity contribution in [3.05, 3.63) is 12.0 Å². The Morgan fingerprint density at radius 1 is 1.08 bits per heavy atom. The van der Waals surface area contributed by atoms with Crippen LogP contribution in [-0.4, -0.2) is 93.3 Å². The van der Waals surface area contributed by atoms with Crippen LogP contribution in [0.2, 0.25) is 0 Å². The lowest BCUT2D eigenvalue weighted by atomic mass is 9.68. The minimum Gasteiger partial charge on any atom is -0.748 e. The first-order valence-corrected chi connectivity index (χ1v) is 18.9. The van der Waals surface area contributed by atoms with Crippen LogP contribution in [0.5, 0.6) is 0 Å². The van der Waals surface area contributed by atoms with E-state index in [1.54, 1.807) is 0 Å². The Bertz CT molecular complexity index is 1160. The molecule has 7 atom stereocenters. The number of thioether (sulfide) groups is 1. The van der Waals surface area contributed by atoms with Crippen LogP contribution in [0.3, 0.4) is 0 Å². The highest BCUT2D eigenvalue weighted by atomic mass is 79.9. The summed E-state index contributed by atoms with van der Waals surface area (Å²) in [4.78, 5) is 2.55. The molecule has 0 aromatic carbocycles. The monoisotopic (exact) mass is 654 g/mol. The van der Waals surface area contributed by atoms with Crippen molar-refractivity contribution in [1.82, 2.24) is 4.90 Å². The molecule has 216 valence electrons. The highest BCUT2D eigenvalue weighted by molar-refractivity contribution is 9.09. The second-order valence-electron chi connectivity index (χ2n) is 11.5. The van der Waals surface area contributed by atoms with Crippen LogP contribution in [0.15, 0.2) is 12.0 Å². The van der Waals surface area contributed by atoms with Crippen LogP contribution in [0.25, 0.3) is 0 Å². The fourth-order valence-electron chi connectivity index (χ4n) is 7.42. The van der Waals surface area contributed by atoms with Crippen molar-refractivity contribution in [1.29, 1.82) is 0 Å².